The summed E-state index contributed by atoms with van der Waals surface area (Å²) in [6.45, 7) is 16.1. The molecule has 0 bridgehead atoms. The van der Waals surface area contributed by atoms with Crippen molar-refractivity contribution in [3.05, 3.63) is 24.3 Å². The molecule has 0 rings (SSSR count). The second-order valence-electron chi connectivity index (χ2n) is 6.54. The van der Waals surface area contributed by atoms with Gasteiger partial charge < -0.3 is 29.3 Å². The van der Waals surface area contributed by atoms with Crippen molar-refractivity contribution in [2.75, 3.05) is 13.2 Å². The Morgan fingerprint density at radius 3 is 1.07 bits per heavy atom. The van der Waals surface area contributed by atoms with E-state index >= 15 is 0 Å². The van der Waals surface area contributed by atoms with E-state index in [4.69, 9.17) is 9.47 Å². The molecule has 9 heteroatoms. The van der Waals surface area contributed by atoms with E-state index in [2.05, 4.69) is 13.2 Å². The van der Waals surface area contributed by atoms with Crippen LogP contribution in [0.3, 0.4) is 0 Å². The molecule has 0 aromatic rings. The number of ether oxygens (including phenoxy) is 2. The number of hydrogen-bond donors (Lipinski definition) is 0. The van der Waals surface area contributed by atoms with Crippen LogP contribution in [-0.2, 0) is 45.7 Å². The minimum atomic E-state index is -1.82. The molecular formula is C20H30CuO8. The summed E-state index contributed by atoms with van der Waals surface area (Å²) in [5.74, 6) is -4.09. The van der Waals surface area contributed by atoms with E-state index in [1.54, 1.807) is 27.7 Å². The number of Topliss-reactive ketones (excluding diaryl/α,β-unsaturated/α-hetero) is 2. The molecule has 0 N–H and O–H groups in total. The van der Waals surface area contributed by atoms with Gasteiger partial charge in [-0.25, -0.2) is 0 Å². The molecule has 0 aliphatic carbocycles. The predicted octanol–water partition coefficient (Wildman–Crippen LogP) is 0.131. The zero-order valence-corrected chi connectivity index (χ0v) is 18.8. The molecule has 1 radical (unpaired) electrons. The van der Waals surface area contributed by atoms with Crippen molar-refractivity contribution in [3.63, 3.8) is 0 Å². The van der Waals surface area contributed by atoms with Crippen molar-refractivity contribution in [3.8, 4) is 0 Å². The molecule has 8 nitrogen and oxygen atoms in total. The third-order valence-corrected chi connectivity index (χ3v) is 3.92. The number of ketones is 2. The summed E-state index contributed by atoms with van der Waals surface area (Å²) in [4.78, 5) is 44.0. The molecule has 29 heavy (non-hydrogen) atoms. The second kappa shape index (κ2) is 14.2. The molecule has 0 aliphatic heterocycles. The average Bonchev–Trinajstić information content (AvgIpc) is 2.55. The van der Waals surface area contributed by atoms with Crippen LogP contribution in [-0.4, -0.2) is 47.9 Å². The maximum Gasteiger partial charge on any atom is 2.00 e. The van der Waals surface area contributed by atoms with Crippen LogP contribution in [0.1, 0.15) is 54.4 Å². The van der Waals surface area contributed by atoms with Gasteiger partial charge >= 0.3 is 17.1 Å². The van der Waals surface area contributed by atoms with E-state index in [1.165, 1.54) is 13.8 Å². The van der Waals surface area contributed by atoms with Crippen LogP contribution in [0.15, 0.2) is 24.3 Å². The van der Waals surface area contributed by atoms with Gasteiger partial charge in [-0.2, -0.15) is 0 Å². The summed E-state index contributed by atoms with van der Waals surface area (Å²) in [6, 6.07) is 0. The molecule has 2 unspecified atom stereocenters. The fourth-order valence-corrected chi connectivity index (χ4v) is 2.09. The van der Waals surface area contributed by atoms with Gasteiger partial charge in [0.2, 0.25) is 0 Å². The number of hydrogen-bond acceptors (Lipinski definition) is 8. The van der Waals surface area contributed by atoms with Gasteiger partial charge in [-0.05, 0) is 40.5 Å². The van der Waals surface area contributed by atoms with Crippen LogP contribution in [0.2, 0.25) is 0 Å². The molecule has 0 amide bonds. The van der Waals surface area contributed by atoms with Crippen LogP contribution in [0.25, 0.3) is 0 Å². The number of carboxylic acid groups (broad SMARTS) is 2. The zero-order valence-electron chi connectivity index (χ0n) is 17.8. The zero-order chi connectivity index (χ0) is 22.7. The van der Waals surface area contributed by atoms with Gasteiger partial charge in [0.15, 0.2) is 22.8 Å². The minimum Gasteiger partial charge on any atom is -0.546 e. The van der Waals surface area contributed by atoms with Crippen LogP contribution in [0.5, 0.6) is 0 Å². The van der Waals surface area contributed by atoms with E-state index in [-0.39, 0.29) is 43.1 Å². The first-order valence-electron chi connectivity index (χ1n) is 8.75. The van der Waals surface area contributed by atoms with Crippen molar-refractivity contribution in [2.24, 2.45) is 0 Å². The van der Waals surface area contributed by atoms with Crippen molar-refractivity contribution in [1.82, 2.24) is 0 Å². The van der Waals surface area contributed by atoms with E-state index < -0.39 is 34.7 Å². The molecule has 0 saturated heterocycles. The fourth-order valence-electron chi connectivity index (χ4n) is 2.09. The van der Waals surface area contributed by atoms with Crippen LogP contribution in [0, 0.1) is 0 Å². The number of carbonyl (C=O) groups excluding carboxylic acids is 4. The summed E-state index contributed by atoms with van der Waals surface area (Å²) in [7, 11) is 0. The fraction of sp³-hybridized carbons (Fsp3) is 0.600. The number of carbonyl (C=O) groups is 4. The Hall–Kier alpha value is -1.80. The van der Waals surface area contributed by atoms with E-state index in [9.17, 15) is 29.4 Å². The maximum absolute atomic E-state index is 11.2. The largest absolute Gasteiger partial charge is 2.00 e. The van der Waals surface area contributed by atoms with Gasteiger partial charge in [0, 0.05) is 0 Å². The van der Waals surface area contributed by atoms with Crippen LogP contribution >= 0.6 is 0 Å². The molecule has 2 atom stereocenters. The smallest absolute Gasteiger partial charge is 0.546 e. The third-order valence-electron chi connectivity index (χ3n) is 3.92. The number of aliphatic carboxylic acids is 2. The Balaban J connectivity index is -0.000000451. The number of rotatable bonds is 12. The van der Waals surface area contributed by atoms with Gasteiger partial charge in [-0.1, -0.05) is 38.2 Å². The van der Waals surface area contributed by atoms with Crippen molar-refractivity contribution < 1.29 is 55.9 Å². The normalized spacial score (nSPS) is 14.0. The second-order valence-corrected chi connectivity index (χ2v) is 6.54. The van der Waals surface area contributed by atoms with Gasteiger partial charge in [0.25, 0.3) is 0 Å². The van der Waals surface area contributed by atoms with E-state index in [1.807, 2.05) is 0 Å². The molecule has 0 aliphatic rings. The molecule has 0 aromatic heterocycles. The van der Waals surface area contributed by atoms with Gasteiger partial charge in [0.1, 0.15) is 0 Å². The summed E-state index contributed by atoms with van der Waals surface area (Å²) >= 11 is 0. The average molecular weight is 462 g/mol. The number of carboxylic acids is 2. The molecule has 0 fully saturated rings. The van der Waals surface area contributed by atoms with E-state index in [0.717, 1.165) is 0 Å². The summed E-state index contributed by atoms with van der Waals surface area (Å²) in [5, 5.41) is 21.6. The molecule has 0 saturated carbocycles. The molecule has 0 spiro atoms. The summed E-state index contributed by atoms with van der Waals surface area (Å²) in [6.07, 6.45) is 0.107. The molecule has 0 aromatic carbocycles. The monoisotopic (exact) mass is 461 g/mol. The maximum atomic E-state index is 11.2. The first kappa shape index (κ1) is 31.9. The summed E-state index contributed by atoms with van der Waals surface area (Å²) < 4.78 is 10.1. The first-order chi connectivity index (χ1) is 12.7. The Morgan fingerprint density at radius 2 is 0.966 bits per heavy atom. The van der Waals surface area contributed by atoms with Gasteiger partial charge in [0.05, 0.1) is 25.2 Å². The Bertz CT molecular complexity index is 542. The van der Waals surface area contributed by atoms with Gasteiger partial charge in [-0.3, -0.25) is 9.59 Å². The Kier molecular flexibility index (Phi) is 15.6. The standard InChI is InChI=1S/2C10H16O4.Cu/c2*1-5-10(8(4)11,9(12)13)14-6-7(2)3;/h2*2,5-6H2,1,3-4H3,(H,12,13);/q;;+2/p-2. The van der Waals surface area contributed by atoms with Crippen molar-refractivity contribution >= 4 is 23.5 Å². The minimum absolute atomic E-state index is 0. The Morgan fingerprint density at radius 1 is 0.724 bits per heavy atom. The van der Waals surface area contributed by atoms with E-state index in [0.29, 0.717) is 11.1 Å². The third kappa shape index (κ3) is 9.49. The molecular weight excluding hydrogens is 432 g/mol. The summed E-state index contributed by atoms with van der Waals surface area (Å²) in [5.41, 5.74) is -2.33. The van der Waals surface area contributed by atoms with Crippen LogP contribution < -0.4 is 10.2 Å². The van der Waals surface area contributed by atoms with Gasteiger partial charge in [-0.15, -0.1) is 0 Å². The molecule has 0 heterocycles. The predicted molar refractivity (Wildman–Crippen MR) is 99.0 cm³/mol. The first-order valence-corrected chi connectivity index (χ1v) is 8.75. The molecule has 169 valence electrons. The van der Waals surface area contributed by atoms with Crippen LogP contribution in [0.4, 0.5) is 0 Å². The SMILES string of the molecule is C=C(C)COC(CC)(C(C)=O)C(=O)[O-].C=C(C)COC(CC)(C(C)=O)C(=O)[O-].[Cu+2]. The quantitative estimate of drug-likeness (QED) is 0.227. The topological polar surface area (TPSA) is 133 Å². The van der Waals surface area contributed by atoms with Crippen molar-refractivity contribution in [1.29, 1.82) is 0 Å². The Labute approximate surface area is 182 Å². The van der Waals surface area contributed by atoms with Crippen molar-refractivity contribution in [2.45, 2.75) is 65.6 Å².